The smallest absolute Gasteiger partial charge is 0.327 e. The van der Waals surface area contributed by atoms with E-state index in [4.69, 9.17) is 10.5 Å². The summed E-state index contributed by atoms with van der Waals surface area (Å²) in [6.07, 6.45) is 1.87. The molecule has 1 aliphatic heterocycles. The maximum absolute atomic E-state index is 12.8. The predicted molar refractivity (Wildman–Crippen MR) is 93.1 cm³/mol. The van der Waals surface area contributed by atoms with Gasteiger partial charge in [-0.25, -0.2) is 9.59 Å². The zero-order valence-electron chi connectivity index (χ0n) is 15.7. The quantitative estimate of drug-likeness (QED) is 0.458. The minimum Gasteiger partial charge on any atom is -0.451 e. The number of nitrogens with two attached hydrogens (primary N) is 1. The fourth-order valence-corrected chi connectivity index (χ4v) is 3.63. The zero-order valence-corrected chi connectivity index (χ0v) is 15.7. The Kier molecular flexibility index (Phi) is 6.07. The van der Waals surface area contributed by atoms with E-state index in [0.717, 1.165) is 24.2 Å². The van der Waals surface area contributed by atoms with Gasteiger partial charge in [-0.3, -0.25) is 24.6 Å². The number of nitrogens with one attached hydrogen (secondary N) is 2. The van der Waals surface area contributed by atoms with Gasteiger partial charge in [-0.05, 0) is 24.7 Å². The van der Waals surface area contributed by atoms with Crippen molar-refractivity contribution in [3.63, 3.8) is 0 Å². The van der Waals surface area contributed by atoms with Gasteiger partial charge >= 0.3 is 18.0 Å². The summed E-state index contributed by atoms with van der Waals surface area (Å²) in [5.74, 6) is -2.70. The molecule has 27 heavy (non-hydrogen) atoms. The van der Waals surface area contributed by atoms with Crippen LogP contribution in [0.4, 0.5) is 9.59 Å². The molecule has 4 N–H and O–H groups in total. The maximum atomic E-state index is 12.8. The van der Waals surface area contributed by atoms with Crippen LogP contribution in [0.25, 0.3) is 0 Å². The lowest BCUT2D eigenvalue weighted by Gasteiger charge is -2.36. The van der Waals surface area contributed by atoms with Crippen LogP contribution in [0.15, 0.2) is 0 Å². The number of esters is 1. The van der Waals surface area contributed by atoms with E-state index in [-0.39, 0.29) is 5.92 Å². The number of imide groups is 2. The Balaban J connectivity index is 2.06. The van der Waals surface area contributed by atoms with Crippen molar-refractivity contribution < 1.29 is 28.7 Å². The Morgan fingerprint density at radius 1 is 1.33 bits per heavy atom. The Hall–Kier alpha value is -2.65. The van der Waals surface area contributed by atoms with Crippen molar-refractivity contribution in [1.82, 2.24) is 15.5 Å². The van der Waals surface area contributed by atoms with E-state index < -0.39 is 54.0 Å². The lowest BCUT2D eigenvalue weighted by Crippen LogP contribution is -2.54. The molecule has 1 aliphatic carbocycles. The van der Waals surface area contributed by atoms with Crippen LogP contribution in [-0.2, 0) is 19.1 Å². The van der Waals surface area contributed by atoms with Gasteiger partial charge in [-0.1, -0.05) is 33.6 Å². The second-order valence-electron chi connectivity index (χ2n) is 7.45. The van der Waals surface area contributed by atoms with Gasteiger partial charge in [0.1, 0.15) is 12.1 Å². The molecule has 0 aromatic rings. The Labute approximate surface area is 157 Å². The number of carbonyl (C=O) groups is 5. The number of urea groups is 2. The zero-order chi connectivity index (χ0) is 20.4. The summed E-state index contributed by atoms with van der Waals surface area (Å²) >= 11 is 0. The molecule has 10 nitrogen and oxygen atoms in total. The topological polar surface area (TPSA) is 148 Å². The molecule has 1 saturated heterocycles. The molecule has 0 radical (unpaired) electrons. The monoisotopic (exact) mass is 382 g/mol. The molecule has 0 unspecified atom stereocenters. The number of amides is 6. The van der Waals surface area contributed by atoms with Gasteiger partial charge in [0, 0.05) is 0 Å². The van der Waals surface area contributed by atoms with Crippen LogP contribution in [0.5, 0.6) is 0 Å². The van der Waals surface area contributed by atoms with E-state index in [1.54, 1.807) is 13.8 Å². The Morgan fingerprint density at radius 3 is 2.56 bits per heavy atom. The average molecular weight is 382 g/mol. The summed E-state index contributed by atoms with van der Waals surface area (Å²) in [7, 11) is 0. The molecular formula is C17H26N4O6. The van der Waals surface area contributed by atoms with Crippen LogP contribution in [0.2, 0.25) is 0 Å². The average Bonchev–Trinajstić information content (AvgIpc) is 2.79. The number of primary amides is 1. The third-order valence-corrected chi connectivity index (χ3v) is 5.16. The Bertz CT molecular complexity index is 664. The standard InChI is InChI=1S/C17H26N4O6/c1-9(2)12(13(23)19-15(18)25)27-11(22)8-21-14(24)17(20-16(21)26)7-5-4-6-10(17)3/h9-10,12H,4-8H2,1-3H3,(H,20,26)(H3,18,19,23,25)/t10-,12+,17+/m1/s1. The minimum atomic E-state index is -1.27. The maximum Gasteiger partial charge on any atom is 0.327 e. The molecule has 2 aliphatic rings. The number of ether oxygens (including phenoxy) is 1. The van der Waals surface area contributed by atoms with Crippen molar-refractivity contribution in [1.29, 1.82) is 0 Å². The van der Waals surface area contributed by atoms with Crippen molar-refractivity contribution in [3.8, 4) is 0 Å². The first-order chi connectivity index (χ1) is 12.6. The lowest BCUT2D eigenvalue weighted by molar-refractivity contribution is -0.160. The van der Waals surface area contributed by atoms with E-state index in [2.05, 4.69) is 5.32 Å². The highest BCUT2D eigenvalue weighted by Gasteiger charge is 2.55. The summed E-state index contributed by atoms with van der Waals surface area (Å²) in [5, 5.41) is 4.59. The largest absolute Gasteiger partial charge is 0.451 e. The molecule has 0 bridgehead atoms. The van der Waals surface area contributed by atoms with E-state index in [9.17, 15) is 24.0 Å². The molecule has 3 atom stereocenters. The fraction of sp³-hybridized carbons (Fsp3) is 0.706. The molecular weight excluding hydrogens is 356 g/mol. The first-order valence-electron chi connectivity index (χ1n) is 9.02. The highest BCUT2D eigenvalue weighted by Crippen LogP contribution is 2.38. The third-order valence-electron chi connectivity index (χ3n) is 5.16. The highest BCUT2D eigenvalue weighted by atomic mass is 16.5. The lowest BCUT2D eigenvalue weighted by atomic mass is 9.73. The number of hydrogen-bond donors (Lipinski definition) is 3. The first-order valence-corrected chi connectivity index (χ1v) is 9.02. The highest BCUT2D eigenvalue weighted by molar-refractivity contribution is 6.09. The molecule has 2 fully saturated rings. The molecule has 150 valence electrons. The molecule has 6 amide bonds. The minimum absolute atomic E-state index is 0.0338. The van der Waals surface area contributed by atoms with Crippen molar-refractivity contribution in [2.24, 2.45) is 17.6 Å². The predicted octanol–water partition coefficient (Wildman–Crippen LogP) is 0.250. The normalized spacial score (nSPS) is 26.1. The van der Waals surface area contributed by atoms with Crippen molar-refractivity contribution >= 4 is 29.8 Å². The van der Waals surface area contributed by atoms with Crippen LogP contribution in [-0.4, -0.2) is 52.9 Å². The van der Waals surface area contributed by atoms with Gasteiger partial charge in [-0.15, -0.1) is 0 Å². The summed E-state index contributed by atoms with van der Waals surface area (Å²) in [6.45, 7) is 4.53. The summed E-state index contributed by atoms with van der Waals surface area (Å²) in [4.78, 5) is 61.0. The van der Waals surface area contributed by atoms with Crippen LogP contribution < -0.4 is 16.4 Å². The molecule has 2 rings (SSSR count). The van der Waals surface area contributed by atoms with Gasteiger partial charge in [0.15, 0.2) is 6.10 Å². The number of rotatable bonds is 5. The number of hydrogen-bond acceptors (Lipinski definition) is 6. The van der Waals surface area contributed by atoms with Gasteiger partial charge in [-0.2, -0.15) is 0 Å². The molecule has 0 aromatic heterocycles. The summed E-state index contributed by atoms with van der Waals surface area (Å²) < 4.78 is 5.10. The summed E-state index contributed by atoms with van der Waals surface area (Å²) in [6, 6.07) is -1.71. The third kappa shape index (κ3) is 4.20. The van der Waals surface area contributed by atoms with E-state index in [0.29, 0.717) is 6.42 Å². The number of nitrogens with zero attached hydrogens (tertiary/aromatic N) is 1. The second-order valence-corrected chi connectivity index (χ2v) is 7.45. The van der Waals surface area contributed by atoms with Gasteiger partial charge in [0.05, 0.1) is 0 Å². The van der Waals surface area contributed by atoms with Gasteiger partial charge in [0.25, 0.3) is 11.8 Å². The number of carbonyl (C=O) groups excluding carboxylic acids is 5. The molecule has 0 aromatic carbocycles. The van der Waals surface area contributed by atoms with Crippen LogP contribution in [0.3, 0.4) is 0 Å². The van der Waals surface area contributed by atoms with E-state index in [1.807, 2.05) is 12.2 Å². The molecule has 1 spiro atoms. The molecule has 1 saturated carbocycles. The SMILES string of the molecule is CC(C)[C@H](OC(=O)CN1C(=O)N[C@]2(CCCC[C@H]2C)C1=O)C(=O)NC(N)=O. The van der Waals surface area contributed by atoms with Crippen molar-refractivity contribution in [3.05, 3.63) is 0 Å². The van der Waals surface area contributed by atoms with Gasteiger partial charge in [0.2, 0.25) is 0 Å². The summed E-state index contributed by atoms with van der Waals surface area (Å²) in [5.41, 5.74) is 3.93. The molecule has 10 heteroatoms. The van der Waals surface area contributed by atoms with Crippen LogP contribution in [0, 0.1) is 11.8 Å². The van der Waals surface area contributed by atoms with Crippen LogP contribution in [0.1, 0.15) is 46.5 Å². The van der Waals surface area contributed by atoms with Crippen molar-refractivity contribution in [2.45, 2.75) is 58.1 Å². The van der Waals surface area contributed by atoms with Crippen molar-refractivity contribution in [2.75, 3.05) is 6.54 Å². The molecule has 1 heterocycles. The van der Waals surface area contributed by atoms with E-state index >= 15 is 0 Å². The Morgan fingerprint density at radius 2 is 2.00 bits per heavy atom. The van der Waals surface area contributed by atoms with Crippen LogP contribution >= 0.6 is 0 Å². The van der Waals surface area contributed by atoms with Gasteiger partial charge < -0.3 is 15.8 Å². The van der Waals surface area contributed by atoms with E-state index in [1.165, 1.54) is 0 Å². The first kappa shape index (κ1) is 20.7. The second kappa shape index (κ2) is 7.93. The fourth-order valence-electron chi connectivity index (χ4n) is 3.63.